The maximum absolute atomic E-state index is 14.9. The van der Waals surface area contributed by atoms with Gasteiger partial charge in [-0.2, -0.15) is 4.68 Å². The Bertz CT molecular complexity index is 3150. The summed E-state index contributed by atoms with van der Waals surface area (Å²) in [4.78, 5) is 90.5. The monoisotopic (exact) mass is 1150 g/mol. The summed E-state index contributed by atoms with van der Waals surface area (Å²) in [5.74, 6) is 0.208. The van der Waals surface area contributed by atoms with Gasteiger partial charge in [0.15, 0.2) is 0 Å². The van der Waals surface area contributed by atoms with Gasteiger partial charge in [0.1, 0.15) is 35.0 Å². The van der Waals surface area contributed by atoms with E-state index in [4.69, 9.17) is 22.4 Å². The molecule has 7 heterocycles. The summed E-state index contributed by atoms with van der Waals surface area (Å²) in [6.07, 6.45) is 14.8. The van der Waals surface area contributed by atoms with Gasteiger partial charge in [0, 0.05) is 74.6 Å². The Morgan fingerprint density at radius 2 is 1.55 bits per heavy atom. The van der Waals surface area contributed by atoms with E-state index >= 15 is 0 Å². The van der Waals surface area contributed by atoms with Crippen LogP contribution in [0, 0.1) is 24.1 Å². The van der Waals surface area contributed by atoms with E-state index in [1.165, 1.54) is 24.3 Å². The second-order valence-electron chi connectivity index (χ2n) is 23.4. The third-order valence-electron chi connectivity index (χ3n) is 17.8. The molecule has 3 saturated heterocycles. The summed E-state index contributed by atoms with van der Waals surface area (Å²) < 4.78 is 30.2. The molecule has 1 saturated carbocycles. The number of ketones is 1. The number of likely N-dealkylation sites (N-methyl/N-ethyl adjacent to an activating group) is 1. The van der Waals surface area contributed by atoms with E-state index in [0.29, 0.717) is 122 Å². The van der Waals surface area contributed by atoms with Crippen LogP contribution in [0.25, 0.3) is 21.5 Å². The van der Waals surface area contributed by atoms with E-state index in [9.17, 15) is 32.8 Å². The lowest BCUT2D eigenvalue weighted by atomic mass is 9.87. The quantitative estimate of drug-likeness (QED) is 0.0501. The number of nitrogens with zero attached hydrogens (tertiary/aromatic N) is 9. The van der Waals surface area contributed by atoms with Gasteiger partial charge in [0.05, 0.1) is 48.0 Å². The number of aryl methyl sites for hydroxylation is 1. The van der Waals surface area contributed by atoms with E-state index in [1.807, 2.05) is 20.8 Å². The van der Waals surface area contributed by atoms with Crippen molar-refractivity contribution in [1.82, 2.24) is 40.1 Å². The Balaban J connectivity index is 0.666. The average molecular weight is 1150 g/mol. The molecule has 10 rings (SSSR count). The van der Waals surface area contributed by atoms with E-state index in [2.05, 4.69) is 31.9 Å². The van der Waals surface area contributed by atoms with Crippen molar-refractivity contribution in [2.45, 2.75) is 172 Å². The first kappa shape index (κ1) is 59.2. The zero-order valence-corrected chi connectivity index (χ0v) is 48.7. The lowest BCUT2D eigenvalue weighted by Crippen LogP contribution is -2.58. The number of benzene rings is 2. The number of Topliss-reactive ketones (excluding diaryl/α,β-unsaturated/α-hetero) is 1. The summed E-state index contributed by atoms with van der Waals surface area (Å²) in [5, 5.41) is 12.0. The molecule has 0 spiro atoms. The molecule has 2 aromatic carbocycles. The molecule has 4 fully saturated rings. The lowest BCUT2D eigenvalue weighted by Gasteiger charge is -2.38. The van der Waals surface area contributed by atoms with E-state index in [-0.39, 0.29) is 71.9 Å². The van der Waals surface area contributed by atoms with E-state index in [0.717, 1.165) is 93.2 Å². The van der Waals surface area contributed by atoms with Crippen LogP contribution in [0.3, 0.4) is 0 Å². The molecule has 2 bridgehead atoms. The van der Waals surface area contributed by atoms with Crippen LogP contribution in [-0.2, 0) is 32.3 Å². The number of aliphatic imine (C=N–C) groups is 1. The van der Waals surface area contributed by atoms with Crippen molar-refractivity contribution in [3.8, 4) is 11.1 Å². The number of hydrogen-bond donors (Lipinski definition) is 3. The summed E-state index contributed by atoms with van der Waals surface area (Å²) in [7, 11) is 1.72. The molecule has 20 heteroatoms. The molecule has 5 atom stereocenters. The molecular formula is C63H78F2N12O5S. The number of carbonyl (C=O) groups is 5. The highest BCUT2D eigenvalue weighted by Gasteiger charge is 2.43. The molecule has 83 heavy (non-hydrogen) atoms. The Hall–Kier alpha value is -6.98. The molecule has 4 aromatic rings. The smallest absolute Gasteiger partial charge is 0.260 e. The second kappa shape index (κ2) is 26.7. The molecule has 4 N–H and O–H groups in total. The number of piperidine rings is 1. The van der Waals surface area contributed by atoms with Crippen LogP contribution in [0.4, 0.5) is 26.1 Å². The topological polar surface area (TPSA) is 196 Å². The van der Waals surface area contributed by atoms with E-state index in [1.54, 1.807) is 54.8 Å². The molecule has 440 valence electrons. The first-order chi connectivity index (χ1) is 40.2. The van der Waals surface area contributed by atoms with Crippen molar-refractivity contribution in [2.75, 3.05) is 49.6 Å². The minimum Gasteiger partial charge on any atom is -0.382 e. The number of rotatable bonds is 22. The Morgan fingerprint density at radius 3 is 2.29 bits per heavy atom. The maximum Gasteiger partial charge on any atom is 0.260 e. The number of nitrogens with two attached hydrogens (primary N) is 1. The summed E-state index contributed by atoms with van der Waals surface area (Å²) >= 11 is 1.63. The summed E-state index contributed by atoms with van der Waals surface area (Å²) in [5.41, 5.74) is 11.8. The molecule has 5 aliphatic heterocycles. The number of aromatic nitrogens is 3. The molecular weight excluding hydrogens is 1070 g/mol. The number of likely N-dealkylation sites (tertiary alicyclic amines) is 2. The molecule has 4 amide bonds. The number of fused-ring (bicyclic) bond motifs is 8. The number of nitrogens with one attached hydrogen (secondary N) is 2. The molecule has 6 aliphatic rings. The van der Waals surface area contributed by atoms with Crippen LogP contribution in [0.1, 0.15) is 156 Å². The van der Waals surface area contributed by atoms with E-state index < -0.39 is 17.9 Å². The number of halogens is 2. The zero-order chi connectivity index (χ0) is 58.3. The predicted molar refractivity (Wildman–Crippen MR) is 320 cm³/mol. The van der Waals surface area contributed by atoms with Gasteiger partial charge in [0.25, 0.3) is 11.7 Å². The number of nitrogen functional groups attached to an aromatic ring is 1. The molecule has 2 aromatic heterocycles. The van der Waals surface area contributed by atoms with Crippen molar-refractivity contribution >= 4 is 69.1 Å². The van der Waals surface area contributed by atoms with Gasteiger partial charge in [-0.15, -0.1) is 16.9 Å². The third-order valence-corrected chi connectivity index (χ3v) is 19.0. The average Bonchev–Trinajstić information content (AvgIpc) is 3.35. The fraction of sp³-hybridized carbons (Fsp3) is 0.540. The van der Waals surface area contributed by atoms with Crippen LogP contribution < -0.4 is 21.3 Å². The Labute approximate surface area is 490 Å². The van der Waals surface area contributed by atoms with Gasteiger partial charge in [-0.3, -0.25) is 29.0 Å². The number of unbranched alkanes of at least 4 members (excludes halogenated alkanes) is 5. The summed E-state index contributed by atoms with van der Waals surface area (Å²) in [6, 6.07) is 10.8. The number of pyridine rings is 1. The molecule has 1 unspecified atom stereocenters. The first-order valence-corrected chi connectivity index (χ1v) is 31.0. The van der Waals surface area contributed by atoms with Gasteiger partial charge in [-0.05, 0) is 149 Å². The van der Waals surface area contributed by atoms with Gasteiger partial charge >= 0.3 is 0 Å². The van der Waals surface area contributed by atoms with Gasteiger partial charge in [-0.25, -0.2) is 13.8 Å². The van der Waals surface area contributed by atoms with Crippen molar-refractivity contribution in [3.63, 3.8) is 0 Å². The Morgan fingerprint density at radius 1 is 0.855 bits per heavy atom. The molecule has 17 nitrogen and oxygen atoms in total. The normalized spacial score (nSPS) is 20.6. The van der Waals surface area contributed by atoms with Crippen molar-refractivity contribution in [3.05, 3.63) is 107 Å². The van der Waals surface area contributed by atoms with Gasteiger partial charge < -0.3 is 40.8 Å². The standard InChI is InChI=1S/C63H78F2N12O5S/c1-39(41-19-21-44(64)22-20-41)51-38-83-61(70-51)53-17-13-30-75(53)63(82)57(71-60(80)40(2)67-3)42-27-32-73(33-28-42)55(79)18-10-8-6-5-7-9-14-47(78)15-11-31-77-59(68-4)56-43-34-54(58(66)69-36-43)74-29-12-16-52(74)49-35-45(65)23-26-48(49)62(81)76(46-24-25-46)37-50(56)72-77/h19-23,26,34-36,40,42,46,51-53,57,67H,1,5-18,24-25,27-33,37-38H2,2-3H3,(H2,66,69)(H,71,80)/t40-,51?,52-,53-,57-/m1/s1. The van der Waals surface area contributed by atoms with Gasteiger partial charge in [-0.1, -0.05) is 51.0 Å². The SMILES string of the molecule is [C-]#[N+]c1c2c(nn1CCCC(=O)CCCCCCCCC(=O)N1CCC([C@@H](NC(=O)[C@@H](C)NC)C(=O)N3CCC[C@@H]3C3=NC(C(=C)c4ccc(F)cc4)CS3)CC1)CN(C1CC1)C(=O)c1ccc(F)cc1[C@H]1CCCN1c1cc-2cnc1N. The molecule has 1 aliphatic carbocycles. The van der Waals surface area contributed by atoms with Crippen LogP contribution in [0.15, 0.2) is 66.3 Å². The highest BCUT2D eigenvalue weighted by atomic mass is 32.2. The number of thioether (sulfide) groups is 1. The van der Waals surface area contributed by atoms with Crippen LogP contribution >= 0.6 is 11.8 Å². The third kappa shape index (κ3) is 13.5. The highest BCUT2D eigenvalue weighted by molar-refractivity contribution is 8.14. The second-order valence-corrected chi connectivity index (χ2v) is 24.4. The summed E-state index contributed by atoms with van der Waals surface area (Å²) in [6.45, 7) is 17.2. The fourth-order valence-electron chi connectivity index (χ4n) is 12.8. The number of amides is 4. The minimum atomic E-state index is -0.731. The fourth-order valence-corrected chi connectivity index (χ4v) is 14.1. The predicted octanol–water partition coefficient (Wildman–Crippen LogP) is 9.84. The van der Waals surface area contributed by atoms with Crippen LogP contribution in [0.5, 0.6) is 0 Å². The van der Waals surface area contributed by atoms with Crippen molar-refractivity contribution < 1.29 is 32.8 Å². The highest BCUT2D eigenvalue weighted by Crippen LogP contribution is 2.45. The zero-order valence-electron chi connectivity index (χ0n) is 47.9. The van der Waals surface area contributed by atoms with Crippen LogP contribution in [-0.4, -0.2) is 133 Å². The number of anilines is 2. The van der Waals surface area contributed by atoms with Crippen molar-refractivity contribution in [1.29, 1.82) is 0 Å². The van der Waals surface area contributed by atoms with Crippen LogP contribution in [0.2, 0.25) is 0 Å². The lowest BCUT2D eigenvalue weighted by molar-refractivity contribution is -0.139. The van der Waals surface area contributed by atoms with Gasteiger partial charge in [0.2, 0.25) is 17.7 Å². The minimum absolute atomic E-state index is 0.00375. The maximum atomic E-state index is 14.9. The largest absolute Gasteiger partial charge is 0.382 e. The number of hydrogen-bond acceptors (Lipinski definition) is 12. The van der Waals surface area contributed by atoms with Crippen molar-refractivity contribution in [2.24, 2.45) is 10.9 Å². The first-order valence-electron chi connectivity index (χ1n) is 30.0. The molecule has 0 radical (unpaired) electrons. The number of carbonyl (C=O) groups excluding carboxylic acids is 5. The Kier molecular flexibility index (Phi) is 19.1.